The molecule has 0 aromatic heterocycles. The molecule has 0 N–H and O–H groups in total. The molecule has 0 saturated heterocycles. The van der Waals surface area contributed by atoms with Crippen LogP contribution in [0.5, 0.6) is 0 Å². The minimum absolute atomic E-state index is 0.0858. The Labute approximate surface area is 96.8 Å². The summed E-state index contributed by atoms with van der Waals surface area (Å²) in [7, 11) is 0. The zero-order chi connectivity index (χ0) is 12.8. The van der Waals surface area contributed by atoms with Gasteiger partial charge in [0.25, 0.3) is 0 Å². The summed E-state index contributed by atoms with van der Waals surface area (Å²) < 4.78 is 64.4. The van der Waals surface area contributed by atoms with Crippen molar-refractivity contribution in [1.29, 1.82) is 0 Å². The highest BCUT2D eigenvalue weighted by molar-refractivity contribution is 7.80. The molecule has 0 fully saturated rings. The molecule has 1 atom stereocenters. The van der Waals surface area contributed by atoms with Crippen LogP contribution in [-0.2, 0) is 4.74 Å². The fraction of sp³-hybridized carbons (Fsp3) is 1.00. The van der Waals surface area contributed by atoms with Crippen molar-refractivity contribution in [2.24, 2.45) is 5.92 Å². The molecule has 0 bridgehead atoms. The van der Waals surface area contributed by atoms with Crippen LogP contribution in [0.4, 0.5) is 22.0 Å². The quantitative estimate of drug-likeness (QED) is 0.547. The van der Waals surface area contributed by atoms with Crippen molar-refractivity contribution in [3.8, 4) is 0 Å². The van der Waals surface area contributed by atoms with Crippen molar-refractivity contribution in [2.45, 2.75) is 31.9 Å². The molecule has 0 aliphatic heterocycles. The molecule has 0 heterocycles. The second kappa shape index (κ2) is 6.64. The molecule has 0 aliphatic rings. The van der Waals surface area contributed by atoms with Gasteiger partial charge in [-0.2, -0.15) is 34.6 Å². The van der Waals surface area contributed by atoms with Crippen LogP contribution in [0, 0.1) is 5.92 Å². The van der Waals surface area contributed by atoms with Crippen LogP contribution in [0.25, 0.3) is 0 Å². The van der Waals surface area contributed by atoms with Gasteiger partial charge in [0.05, 0.1) is 6.61 Å². The van der Waals surface area contributed by atoms with E-state index in [9.17, 15) is 22.0 Å². The second-order valence-corrected chi connectivity index (χ2v) is 3.92. The number of thiol groups is 1. The zero-order valence-corrected chi connectivity index (χ0v) is 9.75. The van der Waals surface area contributed by atoms with Gasteiger partial charge < -0.3 is 4.74 Å². The molecule has 0 aliphatic carbocycles. The summed E-state index contributed by atoms with van der Waals surface area (Å²) in [4.78, 5) is 0. The van der Waals surface area contributed by atoms with E-state index in [1.807, 2.05) is 6.92 Å². The SMILES string of the molecule is CCCC(CS)COCC(F)(F)C(F)(F)F. The molecule has 98 valence electrons. The number of hydrogen-bond acceptors (Lipinski definition) is 2. The van der Waals surface area contributed by atoms with Gasteiger partial charge in [0, 0.05) is 0 Å². The summed E-state index contributed by atoms with van der Waals surface area (Å²) in [5.74, 6) is -4.46. The maximum Gasteiger partial charge on any atom is 0.455 e. The van der Waals surface area contributed by atoms with Gasteiger partial charge in [0.2, 0.25) is 0 Å². The first kappa shape index (κ1) is 16.0. The van der Waals surface area contributed by atoms with Gasteiger partial charge >= 0.3 is 12.1 Å². The smallest absolute Gasteiger partial charge is 0.374 e. The van der Waals surface area contributed by atoms with Crippen molar-refractivity contribution in [3.05, 3.63) is 0 Å². The van der Waals surface area contributed by atoms with Crippen LogP contribution in [0.3, 0.4) is 0 Å². The fourth-order valence-electron chi connectivity index (χ4n) is 1.07. The molecule has 1 unspecified atom stereocenters. The Morgan fingerprint density at radius 3 is 2.12 bits per heavy atom. The molecule has 0 radical (unpaired) electrons. The van der Waals surface area contributed by atoms with Gasteiger partial charge in [-0.25, -0.2) is 0 Å². The third-order valence-electron chi connectivity index (χ3n) is 2.01. The van der Waals surface area contributed by atoms with Crippen molar-refractivity contribution >= 4 is 12.6 Å². The minimum atomic E-state index is -5.55. The molecule has 0 aromatic rings. The van der Waals surface area contributed by atoms with E-state index in [0.717, 1.165) is 6.42 Å². The van der Waals surface area contributed by atoms with Crippen molar-refractivity contribution in [1.82, 2.24) is 0 Å². The Morgan fingerprint density at radius 1 is 1.19 bits per heavy atom. The molecule has 1 nitrogen and oxygen atoms in total. The largest absolute Gasteiger partial charge is 0.455 e. The zero-order valence-electron chi connectivity index (χ0n) is 8.86. The third-order valence-corrected chi connectivity index (χ3v) is 2.52. The van der Waals surface area contributed by atoms with E-state index in [2.05, 4.69) is 17.4 Å². The number of rotatable bonds is 7. The first-order valence-electron chi connectivity index (χ1n) is 4.87. The van der Waals surface area contributed by atoms with Gasteiger partial charge in [-0.3, -0.25) is 0 Å². The molecule has 16 heavy (non-hydrogen) atoms. The standard InChI is InChI=1S/C9H15F5OS/c1-2-3-7(5-16)4-15-6-8(10,11)9(12,13)14/h7,16H,2-6H2,1H3. The van der Waals surface area contributed by atoms with Gasteiger partial charge in [-0.1, -0.05) is 13.3 Å². The first-order chi connectivity index (χ1) is 7.24. The molecular weight excluding hydrogens is 251 g/mol. The fourth-order valence-corrected chi connectivity index (χ4v) is 1.36. The minimum Gasteiger partial charge on any atom is -0.374 e. The van der Waals surface area contributed by atoms with Gasteiger partial charge in [0.1, 0.15) is 6.61 Å². The van der Waals surface area contributed by atoms with Crippen LogP contribution in [0.2, 0.25) is 0 Å². The van der Waals surface area contributed by atoms with E-state index >= 15 is 0 Å². The second-order valence-electron chi connectivity index (χ2n) is 3.55. The Hall–Kier alpha value is -0.0400. The molecule has 0 aromatic carbocycles. The van der Waals surface area contributed by atoms with E-state index < -0.39 is 18.7 Å². The summed E-state index contributed by atoms with van der Waals surface area (Å²) in [6.07, 6.45) is -4.04. The Bertz CT molecular complexity index is 195. The van der Waals surface area contributed by atoms with Crippen LogP contribution >= 0.6 is 12.6 Å². The molecule has 0 spiro atoms. The highest BCUT2D eigenvalue weighted by Crippen LogP contribution is 2.35. The highest BCUT2D eigenvalue weighted by Gasteiger charge is 2.57. The Balaban J connectivity index is 3.97. The summed E-state index contributed by atoms with van der Waals surface area (Å²) >= 11 is 3.96. The van der Waals surface area contributed by atoms with E-state index in [-0.39, 0.29) is 12.5 Å². The molecule has 0 saturated carbocycles. The Morgan fingerprint density at radius 2 is 1.75 bits per heavy atom. The van der Waals surface area contributed by atoms with E-state index in [1.54, 1.807) is 0 Å². The molecular formula is C9H15F5OS. The number of ether oxygens (including phenoxy) is 1. The van der Waals surface area contributed by atoms with Crippen LogP contribution in [-0.4, -0.2) is 31.1 Å². The first-order valence-corrected chi connectivity index (χ1v) is 5.51. The summed E-state index contributed by atoms with van der Waals surface area (Å²) in [5, 5.41) is 0. The van der Waals surface area contributed by atoms with Gasteiger partial charge in [-0.15, -0.1) is 0 Å². The van der Waals surface area contributed by atoms with Crippen molar-refractivity contribution in [2.75, 3.05) is 19.0 Å². The lowest BCUT2D eigenvalue weighted by Crippen LogP contribution is -2.41. The van der Waals surface area contributed by atoms with Crippen LogP contribution in [0.15, 0.2) is 0 Å². The maximum absolute atomic E-state index is 12.4. The lowest BCUT2D eigenvalue weighted by atomic mass is 10.1. The Kier molecular flexibility index (Phi) is 6.62. The summed E-state index contributed by atoms with van der Waals surface area (Å²) in [6, 6.07) is 0. The maximum atomic E-state index is 12.4. The predicted molar refractivity (Wildman–Crippen MR) is 54.1 cm³/mol. The topological polar surface area (TPSA) is 9.23 Å². The van der Waals surface area contributed by atoms with E-state index in [4.69, 9.17) is 0 Å². The summed E-state index contributed by atoms with van der Waals surface area (Å²) in [6.45, 7) is 0.147. The normalized spacial score (nSPS) is 15.2. The lowest BCUT2D eigenvalue weighted by molar-refractivity contribution is -0.297. The van der Waals surface area contributed by atoms with Crippen molar-refractivity contribution in [3.63, 3.8) is 0 Å². The highest BCUT2D eigenvalue weighted by atomic mass is 32.1. The molecule has 0 rings (SSSR count). The predicted octanol–water partition coefficient (Wildman–Crippen LogP) is 3.55. The van der Waals surface area contributed by atoms with Gasteiger partial charge in [-0.05, 0) is 18.1 Å². The average molecular weight is 266 g/mol. The van der Waals surface area contributed by atoms with Crippen LogP contribution < -0.4 is 0 Å². The number of hydrogen-bond donors (Lipinski definition) is 1. The lowest BCUT2D eigenvalue weighted by Gasteiger charge is -2.21. The average Bonchev–Trinajstić information content (AvgIpc) is 2.14. The third kappa shape index (κ3) is 5.34. The van der Waals surface area contributed by atoms with Crippen LogP contribution in [0.1, 0.15) is 19.8 Å². The van der Waals surface area contributed by atoms with E-state index in [0.29, 0.717) is 12.2 Å². The molecule has 7 heteroatoms. The van der Waals surface area contributed by atoms with E-state index in [1.165, 1.54) is 0 Å². The summed E-state index contributed by atoms with van der Waals surface area (Å²) in [5.41, 5.74) is 0. The number of alkyl halides is 5. The van der Waals surface area contributed by atoms with Gasteiger partial charge in [0.15, 0.2) is 0 Å². The monoisotopic (exact) mass is 266 g/mol. The van der Waals surface area contributed by atoms with Crippen molar-refractivity contribution < 1.29 is 26.7 Å². The number of halogens is 5. The molecule has 0 amide bonds.